The highest BCUT2D eigenvalue weighted by atomic mass is 16.1. The van der Waals surface area contributed by atoms with Gasteiger partial charge in [0.05, 0.1) is 0 Å². The molecule has 0 atom stereocenters. The summed E-state index contributed by atoms with van der Waals surface area (Å²) >= 11 is 0. The van der Waals surface area contributed by atoms with Crippen molar-refractivity contribution in [1.82, 2.24) is 0 Å². The molecule has 0 aromatic heterocycles. The third-order valence-electron chi connectivity index (χ3n) is 2.72. The van der Waals surface area contributed by atoms with E-state index in [-0.39, 0.29) is 0 Å². The van der Waals surface area contributed by atoms with Crippen LogP contribution in [0, 0.1) is 5.41 Å². The minimum Gasteiger partial charge on any atom is -0.307 e. The first-order valence-electron chi connectivity index (χ1n) is 7.48. The van der Waals surface area contributed by atoms with Crippen LogP contribution < -0.4 is 0 Å². The number of carbonyl (C=O) groups excluding carboxylic acids is 1. The van der Waals surface area contributed by atoms with Gasteiger partial charge in [-0.25, -0.2) is 0 Å². The fourth-order valence-corrected chi connectivity index (χ4v) is 1.99. The van der Waals surface area contributed by atoms with Crippen molar-refractivity contribution < 1.29 is 4.79 Å². The van der Waals surface area contributed by atoms with Crippen LogP contribution in [-0.2, 0) is 4.79 Å². The van der Waals surface area contributed by atoms with Crippen molar-refractivity contribution in [2.45, 2.75) is 87.0 Å². The average molecular weight is 256 g/mol. The molecule has 0 heterocycles. The Morgan fingerprint density at radius 1 is 1.17 bits per heavy atom. The maximum atomic E-state index is 8.00. The lowest BCUT2D eigenvalue weighted by Gasteiger charge is -2.22. The van der Waals surface area contributed by atoms with Gasteiger partial charge in [-0.1, -0.05) is 66.0 Å². The van der Waals surface area contributed by atoms with E-state index in [1.54, 1.807) is 5.57 Å². The highest BCUT2D eigenvalue weighted by molar-refractivity contribution is 5.11. The van der Waals surface area contributed by atoms with Crippen LogP contribution in [-0.4, -0.2) is 6.79 Å². The van der Waals surface area contributed by atoms with Crippen molar-refractivity contribution in [3.8, 4) is 0 Å². The summed E-state index contributed by atoms with van der Waals surface area (Å²) in [4.78, 5) is 8.00. The van der Waals surface area contributed by atoms with E-state index in [0.717, 1.165) is 0 Å². The highest BCUT2D eigenvalue weighted by Gasteiger charge is 2.21. The number of hydrogen-bond acceptors (Lipinski definition) is 1. The molecule has 0 bridgehead atoms. The summed E-state index contributed by atoms with van der Waals surface area (Å²) in [7, 11) is 0. The van der Waals surface area contributed by atoms with Gasteiger partial charge < -0.3 is 4.79 Å². The maximum absolute atomic E-state index is 8.00. The Bertz CT molecular complexity index is 180. The van der Waals surface area contributed by atoms with Crippen LogP contribution in [0.2, 0.25) is 0 Å². The normalized spacial score (nSPS) is 18.9. The van der Waals surface area contributed by atoms with Crippen LogP contribution in [0.15, 0.2) is 11.6 Å². The number of carbonyl (C=O) groups is 1. The minimum atomic E-state index is 0.568. The Labute approximate surface area is 116 Å². The Morgan fingerprint density at radius 3 is 2.00 bits per heavy atom. The van der Waals surface area contributed by atoms with Crippen LogP contribution in [0.4, 0.5) is 0 Å². The Hall–Kier alpha value is -0.590. The maximum Gasteiger partial charge on any atom is 0.106 e. The third-order valence-corrected chi connectivity index (χ3v) is 2.72. The topological polar surface area (TPSA) is 17.1 Å². The quantitative estimate of drug-likeness (QED) is 0.373. The summed E-state index contributed by atoms with van der Waals surface area (Å²) in [6.45, 7) is 17.2. The van der Waals surface area contributed by atoms with E-state index in [9.17, 15) is 0 Å². The molecule has 1 rings (SSSR count). The Balaban J connectivity index is -0.000000274. The van der Waals surface area contributed by atoms with Gasteiger partial charge in [-0.15, -0.1) is 0 Å². The smallest absolute Gasteiger partial charge is 0.106 e. The molecule has 0 radical (unpaired) electrons. The van der Waals surface area contributed by atoms with Crippen LogP contribution in [0.3, 0.4) is 0 Å². The predicted molar refractivity (Wildman–Crippen MR) is 85.1 cm³/mol. The largest absolute Gasteiger partial charge is 0.307 e. The molecule has 1 saturated carbocycles. The van der Waals surface area contributed by atoms with Gasteiger partial charge in [0.15, 0.2) is 0 Å². The second-order valence-corrected chi connectivity index (χ2v) is 5.20. The lowest BCUT2D eigenvalue weighted by molar-refractivity contribution is -0.0979. The number of rotatable bonds is 0. The lowest BCUT2D eigenvalue weighted by Crippen LogP contribution is -2.09. The average Bonchev–Trinajstić information content (AvgIpc) is 2.56. The molecule has 0 N–H and O–H groups in total. The van der Waals surface area contributed by atoms with Gasteiger partial charge in [-0.2, -0.15) is 0 Å². The molecule has 18 heavy (non-hydrogen) atoms. The molecule has 0 aromatic carbocycles. The molecular formula is C17H36O. The van der Waals surface area contributed by atoms with Crippen molar-refractivity contribution >= 4 is 6.79 Å². The van der Waals surface area contributed by atoms with Gasteiger partial charge >= 0.3 is 0 Å². The zero-order valence-corrected chi connectivity index (χ0v) is 13.9. The van der Waals surface area contributed by atoms with E-state index in [1.807, 2.05) is 20.6 Å². The van der Waals surface area contributed by atoms with Gasteiger partial charge in [0.1, 0.15) is 6.79 Å². The van der Waals surface area contributed by atoms with E-state index in [0.29, 0.717) is 5.41 Å². The predicted octanol–water partition coefficient (Wildman–Crippen LogP) is 6.18. The van der Waals surface area contributed by atoms with Gasteiger partial charge in [-0.3, -0.25) is 0 Å². The Kier molecular flexibility index (Phi) is 20.6. The molecular weight excluding hydrogens is 220 g/mol. The van der Waals surface area contributed by atoms with Crippen molar-refractivity contribution in [2.24, 2.45) is 5.41 Å². The van der Waals surface area contributed by atoms with Crippen molar-refractivity contribution in [3.63, 3.8) is 0 Å². The molecule has 1 fully saturated rings. The van der Waals surface area contributed by atoms with Gasteiger partial charge in [0.2, 0.25) is 0 Å². The summed E-state index contributed by atoms with van der Waals surface area (Å²) in [5.41, 5.74) is 2.24. The second-order valence-electron chi connectivity index (χ2n) is 5.20. The highest BCUT2D eigenvalue weighted by Crippen LogP contribution is 2.36. The zero-order chi connectivity index (χ0) is 15.0. The minimum absolute atomic E-state index is 0.568. The van der Waals surface area contributed by atoms with E-state index in [1.165, 1.54) is 38.5 Å². The van der Waals surface area contributed by atoms with Crippen molar-refractivity contribution in [3.05, 3.63) is 11.6 Å². The molecule has 1 aliphatic rings. The van der Waals surface area contributed by atoms with Gasteiger partial charge in [0.25, 0.3) is 0 Å². The first-order valence-corrected chi connectivity index (χ1v) is 7.48. The van der Waals surface area contributed by atoms with E-state index < -0.39 is 0 Å². The van der Waals surface area contributed by atoms with Crippen molar-refractivity contribution in [2.75, 3.05) is 0 Å². The molecule has 0 aromatic rings. The Morgan fingerprint density at radius 2 is 1.61 bits per heavy atom. The summed E-state index contributed by atoms with van der Waals surface area (Å²) in [5.74, 6) is 0. The van der Waals surface area contributed by atoms with Crippen molar-refractivity contribution in [1.29, 1.82) is 0 Å². The van der Waals surface area contributed by atoms with Gasteiger partial charge in [-0.05, 0) is 38.0 Å². The first kappa shape index (κ1) is 22.6. The lowest BCUT2D eigenvalue weighted by atomic mass is 9.83. The molecule has 1 heteroatoms. The summed E-state index contributed by atoms with van der Waals surface area (Å²) < 4.78 is 0. The fourth-order valence-electron chi connectivity index (χ4n) is 1.99. The molecule has 110 valence electrons. The molecule has 1 aliphatic carbocycles. The molecule has 0 saturated heterocycles. The first-order chi connectivity index (χ1) is 8.55. The summed E-state index contributed by atoms with van der Waals surface area (Å²) in [6, 6.07) is 0. The SMILES string of the molecule is C/C=C1/CCCCC(C)(C)C1.C=O.CC.CCC. The van der Waals surface area contributed by atoms with Crippen LogP contribution >= 0.6 is 0 Å². The molecule has 0 aliphatic heterocycles. The number of hydrogen-bond donors (Lipinski definition) is 0. The third kappa shape index (κ3) is 15.4. The molecule has 0 unspecified atom stereocenters. The van der Waals surface area contributed by atoms with E-state index in [4.69, 9.17) is 4.79 Å². The standard InChI is InChI=1S/C11H20.C3H8.C2H6.CH2O/c1-4-10-7-5-6-8-11(2,3)9-10;1-3-2;2*1-2/h4H,5-9H2,1-3H3;3H2,1-2H3;1-2H3;1H2/b10-4-;;;. The van der Waals surface area contributed by atoms with Crippen LogP contribution in [0.1, 0.15) is 87.0 Å². The second kappa shape index (κ2) is 16.4. The van der Waals surface area contributed by atoms with E-state index in [2.05, 4.69) is 40.7 Å². The zero-order valence-electron chi connectivity index (χ0n) is 13.9. The summed E-state index contributed by atoms with van der Waals surface area (Å²) in [6.07, 6.45) is 10.5. The summed E-state index contributed by atoms with van der Waals surface area (Å²) in [5, 5.41) is 0. The fraction of sp³-hybridized carbons (Fsp3) is 0.824. The van der Waals surface area contributed by atoms with E-state index >= 15 is 0 Å². The van der Waals surface area contributed by atoms with Gasteiger partial charge in [0, 0.05) is 0 Å². The van der Waals surface area contributed by atoms with Crippen LogP contribution in [0.5, 0.6) is 0 Å². The monoisotopic (exact) mass is 256 g/mol. The molecule has 0 amide bonds. The number of allylic oxidation sites excluding steroid dienone is 2. The molecule has 1 nitrogen and oxygen atoms in total. The van der Waals surface area contributed by atoms with Crippen LogP contribution in [0.25, 0.3) is 0 Å². The molecule has 0 spiro atoms.